The van der Waals surface area contributed by atoms with E-state index >= 15 is 0 Å². The minimum atomic E-state index is 0.143. The van der Waals surface area contributed by atoms with Crippen molar-refractivity contribution in [1.82, 2.24) is 0 Å². The third-order valence-electron chi connectivity index (χ3n) is 10.7. The molecule has 0 spiro atoms. The van der Waals surface area contributed by atoms with E-state index in [0.717, 1.165) is 6.42 Å². The highest BCUT2D eigenvalue weighted by molar-refractivity contribution is 6.17. The molecule has 1 unspecified atom stereocenters. The highest BCUT2D eigenvalue weighted by Gasteiger charge is 2.24. The molecule has 240 valence electrons. The number of fused-ring (bicyclic) bond motifs is 8. The average molecular weight is 650 g/mol. The van der Waals surface area contributed by atoms with Crippen molar-refractivity contribution in [3.8, 4) is 11.1 Å². The Labute approximate surface area is 298 Å². The summed E-state index contributed by atoms with van der Waals surface area (Å²) < 4.78 is 0. The van der Waals surface area contributed by atoms with Crippen molar-refractivity contribution in [3.05, 3.63) is 200 Å². The van der Waals surface area contributed by atoms with Gasteiger partial charge in [-0.3, -0.25) is 0 Å². The van der Waals surface area contributed by atoms with Gasteiger partial charge >= 0.3 is 0 Å². The Morgan fingerprint density at radius 2 is 1.00 bits per heavy atom. The molecule has 0 heterocycles. The second kappa shape index (κ2) is 12.2. The minimum Gasteiger partial charge on any atom is -0.334 e. The van der Waals surface area contributed by atoms with E-state index in [-0.39, 0.29) is 6.04 Å². The fraction of sp³-hybridized carbons (Fsp3) is 0.0400. The molecule has 0 fully saturated rings. The number of para-hydroxylation sites is 1. The molecule has 0 aromatic heterocycles. The van der Waals surface area contributed by atoms with E-state index in [4.69, 9.17) is 0 Å². The Hall–Kier alpha value is -6.44. The van der Waals surface area contributed by atoms with Crippen molar-refractivity contribution in [2.75, 3.05) is 4.90 Å². The molecule has 9 aromatic rings. The van der Waals surface area contributed by atoms with Crippen LogP contribution < -0.4 is 4.90 Å². The number of hydrogen-bond acceptors (Lipinski definition) is 1. The van der Waals surface area contributed by atoms with Crippen LogP contribution >= 0.6 is 0 Å². The molecule has 10 rings (SSSR count). The van der Waals surface area contributed by atoms with Crippen molar-refractivity contribution < 1.29 is 0 Å². The monoisotopic (exact) mass is 649 g/mol. The van der Waals surface area contributed by atoms with E-state index in [2.05, 4.69) is 199 Å². The van der Waals surface area contributed by atoms with E-state index in [0.29, 0.717) is 0 Å². The second-order valence-electron chi connectivity index (χ2n) is 13.7. The van der Waals surface area contributed by atoms with Crippen molar-refractivity contribution >= 4 is 70.8 Å². The number of anilines is 2. The van der Waals surface area contributed by atoms with Crippen molar-refractivity contribution in [2.24, 2.45) is 0 Å². The predicted molar refractivity (Wildman–Crippen MR) is 220 cm³/mol. The predicted octanol–water partition coefficient (Wildman–Crippen LogP) is 13.7. The van der Waals surface area contributed by atoms with Gasteiger partial charge in [-0.05, 0) is 101 Å². The lowest BCUT2D eigenvalue weighted by molar-refractivity contribution is 0.788. The minimum absolute atomic E-state index is 0.143. The fourth-order valence-corrected chi connectivity index (χ4v) is 8.22. The first-order valence-corrected chi connectivity index (χ1v) is 17.9. The maximum Gasteiger partial charge on any atom is 0.0560 e. The van der Waals surface area contributed by atoms with Crippen molar-refractivity contribution in [2.45, 2.75) is 12.5 Å². The van der Waals surface area contributed by atoms with Gasteiger partial charge in [0.2, 0.25) is 0 Å². The summed E-state index contributed by atoms with van der Waals surface area (Å²) >= 11 is 0. The second-order valence-corrected chi connectivity index (χ2v) is 13.7. The van der Waals surface area contributed by atoms with E-state index in [9.17, 15) is 0 Å². The molecule has 0 amide bonds. The molecule has 0 radical (unpaired) electrons. The molecule has 1 atom stereocenters. The average Bonchev–Trinajstić information content (AvgIpc) is 3.21. The summed E-state index contributed by atoms with van der Waals surface area (Å²) in [6, 6.07) is 64.7. The van der Waals surface area contributed by atoms with Gasteiger partial charge in [0.25, 0.3) is 0 Å². The Morgan fingerprint density at radius 1 is 0.412 bits per heavy atom. The molecule has 0 saturated heterocycles. The first-order chi connectivity index (χ1) is 25.3. The van der Waals surface area contributed by atoms with E-state index < -0.39 is 0 Å². The Kier molecular flexibility index (Phi) is 7.03. The molecular weight excluding hydrogens is 615 g/mol. The van der Waals surface area contributed by atoms with Crippen LogP contribution in [0.5, 0.6) is 0 Å². The van der Waals surface area contributed by atoms with Crippen LogP contribution in [0, 0.1) is 0 Å². The first kappa shape index (κ1) is 29.5. The van der Waals surface area contributed by atoms with E-state index in [1.54, 1.807) is 0 Å². The summed E-state index contributed by atoms with van der Waals surface area (Å²) in [5.41, 5.74) is 7.38. The van der Waals surface area contributed by atoms with Crippen LogP contribution in [-0.4, -0.2) is 6.04 Å². The zero-order valence-electron chi connectivity index (χ0n) is 28.2. The van der Waals surface area contributed by atoms with Gasteiger partial charge in [0, 0.05) is 16.9 Å². The van der Waals surface area contributed by atoms with Crippen molar-refractivity contribution in [3.63, 3.8) is 0 Å². The lowest BCUT2D eigenvalue weighted by atomic mass is 9.91. The molecule has 0 saturated carbocycles. The van der Waals surface area contributed by atoms with E-state index in [1.165, 1.54) is 87.5 Å². The molecule has 0 aliphatic heterocycles. The standard InChI is InChI=1S/C50H35N/c1-2-10-35(11-3-1)46-16-8-9-17-50(46)51(42-28-31-45-40(32-42)21-19-36-12-4-6-14-43(36)45)41-26-22-34(23-27-41)39-20-18-38-25-29-47-44-15-7-5-13-37(44)24-30-48(47)49(38)33-39/h1-26,28-33,41H,27H2. The molecule has 1 aliphatic rings. The maximum absolute atomic E-state index is 2.54. The van der Waals surface area contributed by atoms with Gasteiger partial charge in [-0.1, -0.05) is 170 Å². The highest BCUT2D eigenvalue weighted by atomic mass is 15.2. The molecule has 9 aromatic carbocycles. The highest BCUT2D eigenvalue weighted by Crippen LogP contribution is 2.41. The zero-order valence-corrected chi connectivity index (χ0v) is 28.2. The SMILES string of the molecule is C1=CC(N(c2ccc3c(ccc4ccccc43)c2)c2ccccc2-c2ccccc2)CC=C1c1ccc2ccc3c4ccccc4ccc3c2c1. The first-order valence-electron chi connectivity index (χ1n) is 17.9. The third kappa shape index (κ3) is 5.09. The number of nitrogens with zero attached hydrogens (tertiary/aromatic N) is 1. The van der Waals surface area contributed by atoms with Gasteiger partial charge < -0.3 is 4.90 Å². The van der Waals surface area contributed by atoms with Crippen LogP contribution in [0.4, 0.5) is 11.4 Å². The molecule has 1 nitrogen and oxygen atoms in total. The maximum atomic E-state index is 2.54. The largest absolute Gasteiger partial charge is 0.334 e. The summed E-state index contributed by atoms with van der Waals surface area (Å²) in [5.74, 6) is 0. The van der Waals surface area contributed by atoms with Gasteiger partial charge in [-0.25, -0.2) is 0 Å². The topological polar surface area (TPSA) is 3.24 Å². The van der Waals surface area contributed by atoms with Gasteiger partial charge in [-0.2, -0.15) is 0 Å². The number of benzene rings is 9. The van der Waals surface area contributed by atoms with Crippen LogP contribution in [0.3, 0.4) is 0 Å². The fourth-order valence-electron chi connectivity index (χ4n) is 8.22. The number of rotatable bonds is 5. The lowest BCUT2D eigenvalue weighted by Gasteiger charge is -2.35. The molecule has 51 heavy (non-hydrogen) atoms. The molecule has 1 heteroatoms. The molecular formula is C50H35N. The van der Waals surface area contributed by atoms with Crippen LogP contribution in [0.1, 0.15) is 12.0 Å². The van der Waals surface area contributed by atoms with Crippen LogP contribution in [-0.2, 0) is 0 Å². The number of hydrogen-bond donors (Lipinski definition) is 0. The van der Waals surface area contributed by atoms with Gasteiger partial charge in [-0.15, -0.1) is 0 Å². The Balaban J connectivity index is 1.07. The molecule has 0 N–H and O–H groups in total. The Morgan fingerprint density at radius 3 is 1.78 bits per heavy atom. The lowest BCUT2D eigenvalue weighted by Crippen LogP contribution is -2.30. The summed E-state index contributed by atoms with van der Waals surface area (Å²) in [6.45, 7) is 0. The summed E-state index contributed by atoms with van der Waals surface area (Å²) in [6.07, 6.45) is 8.06. The van der Waals surface area contributed by atoms with Crippen LogP contribution in [0.15, 0.2) is 194 Å². The normalized spacial score (nSPS) is 14.4. The summed E-state index contributed by atoms with van der Waals surface area (Å²) in [7, 11) is 0. The zero-order chi connectivity index (χ0) is 33.7. The number of allylic oxidation sites excluding steroid dienone is 2. The van der Waals surface area contributed by atoms with Gasteiger partial charge in [0.15, 0.2) is 0 Å². The molecule has 0 bridgehead atoms. The molecule has 1 aliphatic carbocycles. The van der Waals surface area contributed by atoms with Crippen molar-refractivity contribution in [1.29, 1.82) is 0 Å². The van der Waals surface area contributed by atoms with Gasteiger partial charge in [0.05, 0.1) is 6.04 Å². The van der Waals surface area contributed by atoms with Crippen LogP contribution in [0.25, 0.3) is 70.6 Å². The quantitative estimate of drug-likeness (QED) is 0.168. The van der Waals surface area contributed by atoms with Gasteiger partial charge in [0.1, 0.15) is 0 Å². The third-order valence-corrected chi connectivity index (χ3v) is 10.7. The van der Waals surface area contributed by atoms with E-state index in [1.807, 2.05) is 0 Å². The summed E-state index contributed by atoms with van der Waals surface area (Å²) in [4.78, 5) is 2.54. The summed E-state index contributed by atoms with van der Waals surface area (Å²) in [5, 5.41) is 12.9. The Bertz CT molecular complexity index is 2840. The van der Waals surface area contributed by atoms with Crippen LogP contribution in [0.2, 0.25) is 0 Å². The smallest absolute Gasteiger partial charge is 0.0560 e.